The van der Waals surface area contributed by atoms with E-state index in [1.807, 2.05) is 11.8 Å². The summed E-state index contributed by atoms with van der Waals surface area (Å²) in [6, 6.07) is 1.52. The number of carbonyl (C=O) groups excluding carboxylic acids is 1. The van der Waals surface area contributed by atoms with Gasteiger partial charge in [-0.2, -0.15) is 0 Å². The molecule has 1 unspecified atom stereocenters. The lowest BCUT2D eigenvalue weighted by Gasteiger charge is -2.32. The number of primary amides is 1. The van der Waals surface area contributed by atoms with Gasteiger partial charge in [-0.3, -0.25) is 9.69 Å². The number of rotatable bonds is 3. The number of nitrogens with zero attached hydrogens (tertiary/aromatic N) is 3. The molecule has 1 aliphatic rings. The molecule has 0 aromatic carbocycles. The Morgan fingerprint density at radius 3 is 2.94 bits per heavy atom. The smallest absolute Gasteiger partial charge is 0.234 e. The minimum absolute atomic E-state index is 0.205. The number of piperidine rings is 1. The Balaban J connectivity index is 2.13. The van der Waals surface area contributed by atoms with Crippen molar-refractivity contribution in [3.05, 3.63) is 17.6 Å². The quantitative estimate of drug-likeness (QED) is 0.797. The predicted molar refractivity (Wildman–Crippen MR) is 68.4 cm³/mol. The van der Waals surface area contributed by atoms with Crippen molar-refractivity contribution >= 4 is 11.7 Å². The van der Waals surface area contributed by atoms with Gasteiger partial charge in [0.1, 0.15) is 11.6 Å². The van der Waals surface area contributed by atoms with Gasteiger partial charge in [-0.25, -0.2) is 9.97 Å². The lowest BCUT2D eigenvalue weighted by Crippen LogP contribution is -2.47. The van der Waals surface area contributed by atoms with Crippen LogP contribution in [0.2, 0.25) is 0 Å². The number of nitrogen functional groups attached to an aromatic ring is 1. The first-order chi connectivity index (χ1) is 8.56. The Bertz CT molecular complexity index is 428. The first-order valence-corrected chi connectivity index (χ1v) is 6.19. The van der Waals surface area contributed by atoms with Crippen LogP contribution in [0.25, 0.3) is 0 Å². The normalized spacial score (nSPS) is 20.8. The largest absolute Gasteiger partial charge is 0.384 e. The van der Waals surface area contributed by atoms with Gasteiger partial charge < -0.3 is 11.5 Å². The Morgan fingerprint density at radius 2 is 2.28 bits per heavy atom. The van der Waals surface area contributed by atoms with Crippen LogP contribution < -0.4 is 11.5 Å². The number of amides is 1. The highest BCUT2D eigenvalue weighted by molar-refractivity contribution is 5.79. The van der Waals surface area contributed by atoms with E-state index in [1.165, 1.54) is 0 Å². The topological polar surface area (TPSA) is 98.1 Å². The average Bonchev–Trinajstić information content (AvgIpc) is 2.27. The van der Waals surface area contributed by atoms with Gasteiger partial charge in [-0.05, 0) is 26.3 Å². The van der Waals surface area contributed by atoms with Gasteiger partial charge in [-0.1, -0.05) is 6.42 Å². The molecule has 1 aromatic heterocycles. The van der Waals surface area contributed by atoms with Gasteiger partial charge in [0.25, 0.3) is 0 Å². The van der Waals surface area contributed by atoms with Gasteiger partial charge in [0, 0.05) is 11.8 Å². The molecule has 0 saturated carbocycles. The predicted octanol–water partition coefficient (Wildman–Crippen LogP) is 0.207. The van der Waals surface area contributed by atoms with Gasteiger partial charge in [0.2, 0.25) is 5.91 Å². The standard InChI is InChI=1S/C12H19N5O/c1-8-6-10(13)16-11(15-8)7-17-5-3-2-4-9(17)12(14)18/h6,9H,2-5,7H2,1H3,(H2,14,18)(H2,13,15,16). The zero-order chi connectivity index (χ0) is 13.1. The SMILES string of the molecule is Cc1cc(N)nc(CN2CCCCC2C(N)=O)n1. The van der Waals surface area contributed by atoms with Gasteiger partial charge in [0.05, 0.1) is 12.6 Å². The van der Waals surface area contributed by atoms with E-state index in [4.69, 9.17) is 11.5 Å². The monoisotopic (exact) mass is 249 g/mol. The lowest BCUT2D eigenvalue weighted by molar-refractivity contribution is -0.124. The molecule has 6 heteroatoms. The summed E-state index contributed by atoms with van der Waals surface area (Å²) < 4.78 is 0. The second-order valence-corrected chi connectivity index (χ2v) is 4.73. The molecule has 4 N–H and O–H groups in total. The zero-order valence-corrected chi connectivity index (χ0v) is 10.6. The van der Waals surface area contributed by atoms with Gasteiger partial charge in [-0.15, -0.1) is 0 Å². The summed E-state index contributed by atoms with van der Waals surface area (Å²) >= 11 is 0. The molecule has 98 valence electrons. The molecular weight excluding hydrogens is 230 g/mol. The molecule has 0 bridgehead atoms. The lowest BCUT2D eigenvalue weighted by atomic mass is 10.0. The number of hydrogen-bond acceptors (Lipinski definition) is 5. The van der Waals surface area contributed by atoms with Crippen molar-refractivity contribution in [1.29, 1.82) is 0 Å². The molecule has 0 spiro atoms. The van der Waals surface area contributed by atoms with Crippen molar-refractivity contribution in [3.8, 4) is 0 Å². The molecule has 1 amide bonds. The minimum Gasteiger partial charge on any atom is -0.384 e. The molecule has 2 rings (SSSR count). The molecule has 6 nitrogen and oxygen atoms in total. The van der Waals surface area contributed by atoms with Crippen LogP contribution >= 0.6 is 0 Å². The van der Waals surface area contributed by atoms with Gasteiger partial charge in [0.15, 0.2) is 0 Å². The fraction of sp³-hybridized carbons (Fsp3) is 0.583. The van der Waals surface area contributed by atoms with Crippen molar-refractivity contribution in [3.63, 3.8) is 0 Å². The average molecular weight is 249 g/mol. The van der Waals surface area contributed by atoms with E-state index in [9.17, 15) is 4.79 Å². The van der Waals surface area contributed by atoms with Gasteiger partial charge >= 0.3 is 0 Å². The maximum Gasteiger partial charge on any atom is 0.234 e. The van der Waals surface area contributed by atoms with Crippen LogP contribution in [0, 0.1) is 6.92 Å². The number of aryl methyl sites for hydroxylation is 1. The minimum atomic E-state index is -0.268. The van der Waals surface area contributed by atoms with Crippen LogP contribution in [0.5, 0.6) is 0 Å². The van der Waals surface area contributed by atoms with Crippen LogP contribution in [0.15, 0.2) is 6.07 Å². The molecule has 2 heterocycles. The highest BCUT2D eigenvalue weighted by Crippen LogP contribution is 2.18. The first kappa shape index (κ1) is 12.8. The van der Waals surface area contributed by atoms with Crippen LogP contribution in [0.1, 0.15) is 30.8 Å². The summed E-state index contributed by atoms with van der Waals surface area (Å²) in [6.45, 7) is 3.26. The Hall–Kier alpha value is -1.69. The third-order valence-electron chi connectivity index (χ3n) is 3.21. The van der Waals surface area contributed by atoms with E-state index in [0.29, 0.717) is 18.2 Å². The van der Waals surface area contributed by atoms with Crippen molar-refractivity contribution < 1.29 is 4.79 Å². The molecule has 0 aliphatic carbocycles. The molecule has 1 aliphatic heterocycles. The summed E-state index contributed by atoms with van der Waals surface area (Å²) in [5.41, 5.74) is 12.0. The number of carbonyl (C=O) groups is 1. The molecule has 1 atom stereocenters. The van der Waals surface area contributed by atoms with Crippen molar-refractivity contribution in [2.24, 2.45) is 5.73 Å². The van der Waals surface area contributed by atoms with Crippen LogP contribution in [-0.4, -0.2) is 33.4 Å². The van der Waals surface area contributed by atoms with Crippen molar-refractivity contribution in [2.75, 3.05) is 12.3 Å². The molecule has 1 aromatic rings. The molecule has 0 radical (unpaired) electrons. The fourth-order valence-corrected chi connectivity index (χ4v) is 2.41. The number of hydrogen-bond donors (Lipinski definition) is 2. The summed E-state index contributed by atoms with van der Waals surface area (Å²) in [6.07, 6.45) is 2.93. The van der Waals surface area contributed by atoms with Crippen LogP contribution in [0.4, 0.5) is 5.82 Å². The van der Waals surface area contributed by atoms with Crippen molar-refractivity contribution in [1.82, 2.24) is 14.9 Å². The van der Waals surface area contributed by atoms with E-state index in [2.05, 4.69) is 9.97 Å². The fourth-order valence-electron chi connectivity index (χ4n) is 2.41. The van der Waals surface area contributed by atoms with Crippen LogP contribution in [-0.2, 0) is 11.3 Å². The number of aromatic nitrogens is 2. The zero-order valence-electron chi connectivity index (χ0n) is 10.6. The van der Waals surface area contributed by atoms with Crippen molar-refractivity contribution in [2.45, 2.75) is 38.8 Å². The van der Waals surface area contributed by atoms with E-state index in [0.717, 1.165) is 31.5 Å². The van der Waals surface area contributed by atoms with Crippen LogP contribution in [0.3, 0.4) is 0 Å². The maximum atomic E-state index is 11.4. The Labute approximate surface area is 106 Å². The number of anilines is 1. The second kappa shape index (κ2) is 5.30. The highest BCUT2D eigenvalue weighted by Gasteiger charge is 2.27. The Morgan fingerprint density at radius 1 is 1.50 bits per heavy atom. The van der Waals surface area contributed by atoms with E-state index in [-0.39, 0.29) is 11.9 Å². The summed E-state index contributed by atoms with van der Waals surface area (Å²) in [7, 11) is 0. The summed E-state index contributed by atoms with van der Waals surface area (Å²) in [5.74, 6) is 0.848. The third kappa shape index (κ3) is 2.95. The van der Waals surface area contributed by atoms with E-state index < -0.39 is 0 Å². The van der Waals surface area contributed by atoms with E-state index in [1.54, 1.807) is 6.07 Å². The Kier molecular flexibility index (Phi) is 3.76. The highest BCUT2D eigenvalue weighted by atomic mass is 16.1. The maximum absolute atomic E-state index is 11.4. The summed E-state index contributed by atoms with van der Waals surface area (Å²) in [5, 5.41) is 0. The third-order valence-corrected chi connectivity index (χ3v) is 3.21. The number of likely N-dealkylation sites (tertiary alicyclic amines) is 1. The summed E-state index contributed by atoms with van der Waals surface area (Å²) in [4.78, 5) is 22.0. The first-order valence-electron chi connectivity index (χ1n) is 6.19. The van der Waals surface area contributed by atoms with E-state index >= 15 is 0 Å². The molecule has 18 heavy (non-hydrogen) atoms. The second-order valence-electron chi connectivity index (χ2n) is 4.73. The number of nitrogens with two attached hydrogens (primary N) is 2. The molecule has 1 saturated heterocycles. The molecular formula is C12H19N5O. The molecule has 1 fully saturated rings.